The highest BCUT2D eigenvalue weighted by atomic mass is 16.4. The number of fused-ring (bicyclic) bond motifs is 2. The van der Waals surface area contributed by atoms with E-state index in [9.17, 15) is 0 Å². The van der Waals surface area contributed by atoms with Crippen molar-refractivity contribution in [2.75, 3.05) is 7.05 Å². The maximum Gasteiger partial charge on any atom is 0.0587 e. The van der Waals surface area contributed by atoms with E-state index in [1.54, 1.807) is 0 Å². The minimum absolute atomic E-state index is 0.632. The van der Waals surface area contributed by atoms with E-state index in [-0.39, 0.29) is 0 Å². The minimum Gasteiger partial charge on any atom is -0.411 e. The molecule has 2 bridgehead atoms. The molecule has 1 N–H and O–H groups in total. The summed E-state index contributed by atoms with van der Waals surface area (Å²) in [6.07, 6.45) is 7.08. The van der Waals surface area contributed by atoms with Crippen LogP contribution in [0.3, 0.4) is 0 Å². The molecule has 2 aliphatic heterocycles. The van der Waals surface area contributed by atoms with Crippen molar-refractivity contribution in [3.63, 3.8) is 0 Å². The van der Waals surface area contributed by atoms with E-state index in [1.165, 1.54) is 25.7 Å². The van der Waals surface area contributed by atoms with E-state index >= 15 is 0 Å². The summed E-state index contributed by atoms with van der Waals surface area (Å²) in [5.41, 5.74) is 1.00. The van der Waals surface area contributed by atoms with Crippen molar-refractivity contribution >= 4 is 5.71 Å². The fourth-order valence-electron chi connectivity index (χ4n) is 2.69. The van der Waals surface area contributed by atoms with Crippen LogP contribution in [0.15, 0.2) is 5.16 Å². The minimum atomic E-state index is 0.632. The molecule has 0 saturated carbocycles. The van der Waals surface area contributed by atoms with Crippen LogP contribution in [0.25, 0.3) is 0 Å². The van der Waals surface area contributed by atoms with E-state index in [4.69, 9.17) is 5.21 Å². The number of rotatable bonds is 0. The quantitative estimate of drug-likeness (QED) is 0.458. The lowest BCUT2D eigenvalue weighted by molar-refractivity contribution is 0.121. The Morgan fingerprint density at radius 2 is 2.08 bits per heavy atom. The molecule has 2 heterocycles. The predicted octanol–water partition coefficient (Wildman–Crippen LogP) is 1.85. The zero-order chi connectivity index (χ0) is 9.26. The van der Waals surface area contributed by atoms with Gasteiger partial charge >= 0.3 is 0 Å². The molecular formula is C10H18N2O. The Balaban J connectivity index is 2.13. The SMILES string of the molecule is CN1[C@@H]2CCC[C@H]1C/C(=N\O)CC2. The molecule has 0 aromatic heterocycles. The van der Waals surface area contributed by atoms with Gasteiger partial charge in [-0.3, -0.25) is 0 Å². The van der Waals surface area contributed by atoms with E-state index in [0.717, 1.165) is 24.6 Å². The van der Waals surface area contributed by atoms with Gasteiger partial charge in [0.15, 0.2) is 0 Å². The van der Waals surface area contributed by atoms with Gasteiger partial charge in [0, 0.05) is 18.5 Å². The number of piperidine rings is 1. The second-order valence-electron chi connectivity index (χ2n) is 4.31. The largest absolute Gasteiger partial charge is 0.411 e. The molecule has 3 heteroatoms. The number of nitrogens with zero attached hydrogens (tertiary/aromatic N) is 2. The van der Waals surface area contributed by atoms with Gasteiger partial charge in [0.2, 0.25) is 0 Å². The van der Waals surface area contributed by atoms with Gasteiger partial charge in [0.25, 0.3) is 0 Å². The predicted molar refractivity (Wildman–Crippen MR) is 52.3 cm³/mol. The Morgan fingerprint density at radius 3 is 2.85 bits per heavy atom. The van der Waals surface area contributed by atoms with Crippen LogP contribution >= 0.6 is 0 Å². The summed E-state index contributed by atoms with van der Waals surface area (Å²) in [6.45, 7) is 0. The Morgan fingerprint density at radius 1 is 1.31 bits per heavy atom. The molecule has 0 aliphatic carbocycles. The third kappa shape index (κ3) is 1.70. The molecule has 2 saturated heterocycles. The molecule has 2 rings (SSSR count). The first kappa shape index (κ1) is 9.00. The zero-order valence-electron chi connectivity index (χ0n) is 8.24. The fraction of sp³-hybridized carbons (Fsp3) is 0.900. The zero-order valence-corrected chi connectivity index (χ0v) is 8.24. The Labute approximate surface area is 79.4 Å². The van der Waals surface area contributed by atoms with Gasteiger partial charge < -0.3 is 10.1 Å². The third-order valence-corrected chi connectivity index (χ3v) is 3.61. The first-order valence-electron chi connectivity index (χ1n) is 5.23. The molecular weight excluding hydrogens is 164 g/mol. The summed E-state index contributed by atoms with van der Waals surface area (Å²) in [4.78, 5) is 2.49. The molecule has 0 aromatic carbocycles. The van der Waals surface area contributed by atoms with Crippen molar-refractivity contribution in [2.45, 2.75) is 50.6 Å². The van der Waals surface area contributed by atoms with Crippen LogP contribution in [0.2, 0.25) is 0 Å². The van der Waals surface area contributed by atoms with Crippen LogP contribution in [-0.2, 0) is 0 Å². The van der Waals surface area contributed by atoms with Crippen molar-refractivity contribution in [3.05, 3.63) is 0 Å². The lowest BCUT2D eigenvalue weighted by Gasteiger charge is -2.37. The molecule has 2 atom stereocenters. The molecule has 0 unspecified atom stereocenters. The van der Waals surface area contributed by atoms with Crippen molar-refractivity contribution in [3.8, 4) is 0 Å². The van der Waals surface area contributed by atoms with Crippen LogP contribution in [0.4, 0.5) is 0 Å². The van der Waals surface area contributed by atoms with Crippen LogP contribution in [0.1, 0.15) is 38.5 Å². The summed E-state index contributed by atoms with van der Waals surface area (Å²) >= 11 is 0. The first-order valence-corrected chi connectivity index (χ1v) is 5.23. The second kappa shape index (κ2) is 3.66. The Hall–Kier alpha value is -0.570. The van der Waals surface area contributed by atoms with Gasteiger partial charge in [-0.1, -0.05) is 11.6 Å². The highest BCUT2D eigenvalue weighted by Crippen LogP contribution is 2.30. The van der Waals surface area contributed by atoms with Crippen LogP contribution in [0.5, 0.6) is 0 Å². The Kier molecular flexibility index (Phi) is 2.54. The van der Waals surface area contributed by atoms with Crippen LogP contribution in [0, 0.1) is 0 Å². The molecule has 2 aliphatic rings. The number of oxime groups is 1. The van der Waals surface area contributed by atoms with E-state index in [1.807, 2.05) is 0 Å². The molecule has 0 radical (unpaired) electrons. The van der Waals surface area contributed by atoms with E-state index in [2.05, 4.69) is 17.1 Å². The highest BCUT2D eigenvalue weighted by molar-refractivity contribution is 5.84. The topological polar surface area (TPSA) is 35.8 Å². The number of hydrogen-bond acceptors (Lipinski definition) is 3. The molecule has 0 aromatic rings. The average molecular weight is 182 g/mol. The van der Waals surface area contributed by atoms with Crippen LogP contribution < -0.4 is 0 Å². The average Bonchev–Trinajstić information content (AvgIpc) is 2.25. The summed E-state index contributed by atoms with van der Waals surface area (Å²) in [6, 6.07) is 1.37. The molecule has 0 spiro atoms. The maximum absolute atomic E-state index is 8.79. The van der Waals surface area contributed by atoms with Crippen molar-refractivity contribution < 1.29 is 5.21 Å². The second-order valence-corrected chi connectivity index (χ2v) is 4.31. The van der Waals surface area contributed by atoms with Gasteiger partial charge in [0.1, 0.15) is 0 Å². The van der Waals surface area contributed by atoms with Gasteiger partial charge in [-0.15, -0.1) is 0 Å². The Bertz CT molecular complexity index is 215. The van der Waals surface area contributed by atoms with Crippen molar-refractivity contribution in [1.29, 1.82) is 0 Å². The third-order valence-electron chi connectivity index (χ3n) is 3.61. The van der Waals surface area contributed by atoms with Gasteiger partial charge in [0.05, 0.1) is 5.71 Å². The van der Waals surface area contributed by atoms with Gasteiger partial charge in [-0.2, -0.15) is 0 Å². The smallest absolute Gasteiger partial charge is 0.0587 e. The summed E-state index contributed by atoms with van der Waals surface area (Å²) in [5, 5.41) is 12.2. The summed E-state index contributed by atoms with van der Waals surface area (Å²) in [7, 11) is 2.22. The maximum atomic E-state index is 8.79. The molecule has 74 valence electrons. The van der Waals surface area contributed by atoms with E-state index < -0.39 is 0 Å². The van der Waals surface area contributed by atoms with E-state index in [0.29, 0.717) is 6.04 Å². The number of hydrogen-bond donors (Lipinski definition) is 1. The first-order chi connectivity index (χ1) is 6.31. The standard InChI is InChI=1S/C10H18N2O/c1-12-9-3-2-4-10(12)7-8(11-13)5-6-9/h9-10,13H,2-7H2,1H3/b11-8-/t9-,10+/m1/s1. The van der Waals surface area contributed by atoms with Gasteiger partial charge in [-0.05, 0) is 32.7 Å². The van der Waals surface area contributed by atoms with Crippen LogP contribution in [-0.4, -0.2) is 35.0 Å². The lowest BCUT2D eigenvalue weighted by atomic mass is 9.95. The monoisotopic (exact) mass is 182 g/mol. The lowest BCUT2D eigenvalue weighted by Crippen LogP contribution is -2.42. The van der Waals surface area contributed by atoms with Crippen molar-refractivity contribution in [1.82, 2.24) is 4.90 Å². The summed E-state index contributed by atoms with van der Waals surface area (Å²) < 4.78 is 0. The fourth-order valence-corrected chi connectivity index (χ4v) is 2.69. The molecule has 0 amide bonds. The molecule has 13 heavy (non-hydrogen) atoms. The van der Waals surface area contributed by atoms with Gasteiger partial charge in [-0.25, -0.2) is 0 Å². The normalized spacial score (nSPS) is 39.0. The summed E-state index contributed by atoms with van der Waals surface area (Å²) in [5.74, 6) is 0. The molecule has 2 fully saturated rings. The highest BCUT2D eigenvalue weighted by Gasteiger charge is 2.31. The van der Waals surface area contributed by atoms with Crippen molar-refractivity contribution in [2.24, 2.45) is 5.16 Å². The molecule has 3 nitrogen and oxygen atoms in total.